The van der Waals surface area contributed by atoms with Crippen LogP contribution >= 0.6 is 0 Å². The van der Waals surface area contributed by atoms with E-state index in [2.05, 4.69) is 43.0 Å². The van der Waals surface area contributed by atoms with Gasteiger partial charge in [-0.25, -0.2) is 0 Å². The van der Waals surface area contributed by atoms with Crippen molar-refractivity contribution < 1.29 is 4.74 Å². The van der Waals surface area contributed by atoms with E-state index in [1.807, 2.05) is 0 Å². The van der Waals surface area contributed by atoms with Crippen LogP contribution in [0.15, 0.2) is 24.3 Å². The van der Waals surface area contributed by atoms with E-state index >= 15 is 0 Å². The highest BCUT2D eigenvalue weighted by Gasteiger charge is 2.32. The van der Waals surface area contributed by atoms with Crippen molar-refractivity contribution in [2.75, 3.05) is 25.2 Å². The van der Waals surface area contributed by atoms with E-state index in [0.717, 1.165) is 31.9 Å². The zero-order valence-electron chi connectivity index (χ0n) is 13.7. The molecule has 0 heterocycles. The number of benzene rings is 1. The number of hydrogen-bond donors (Lipinski definition) is 1. The Bertz CT molecular complexity index is 431. The lowest BCUT2D eigenvalue weighted by molar-refractivity contribution is 0.202. The number of anilines is 1. The van der Waals surface area contributed by atoms with Crippen LogP contribution in [0.1, 0.15) is 38.7 Å². The minimum absolute atomic E-state index is 0.242. The van der Waals surface area contributed by atoms with Crippen LogP contribution in [-0.2, 0) is 11.2 Å². The molecule has 2 N–H and O–H groups in total. The fourth-order valence-corrected chi connectivity index (χ4v) is 2.96. The lowest BCUT2D eigenvalue weighted by Gasteiger charge is -2.33. The van der Waals surface area contributed by atoms with Crippen LogP contribution in [0, 0.1) is 5.92 Å². The van der Waals surface area contributed by atoms with Gasteiger partial charge in [-0.05, 0) is 50.2 Å². The molecule has 0 spiro atoms. The third kappa shape index (κ3) is 4.45. The molecule has 0 radical (unpaired) electrons. The van der Waals surface area contributed by atoms with Crippen molar-refractivity contribution in [2.45, 2.75) is 51.6 Å². The summed E-state index contributed by atoms with van der Waals surface area (Å²) in [6, 6.07) is 9.55. The topological polar surface area (TPSA) is 38.5 Å². The van der Waals surface area contributed by atoms with E-state index in [0.29, 0.717) is 6.04 Å². The second kappa shape index (κ2) is 7.81. The van der Waals surface area contributed by atoms with E-state index in [-0.39, 0.29) is 6.04 Å². The van der Waals surface area contributed by atoms with Gasteiger partial charge in [0.25, 0.3) is 0 Å². The maximum Gasteiger partial charge on any atom is 0.0637 e. The second-order valence-electron chi connectivity index (χ2n) is 6.27. The van der Waals surface area contributed by atoms with Crippen LogP contribution in [0.3, 0.4) is 0 Å². The van der Waals surface area contributed by atoms with Crippen molar-refractivity contribution in [3.63, 3.8) is 0 Å². The van der Waals surface area contributed by atoms with Crippen molar-refractivity contribution in [1.82, 2.24) is 0 Å². The molecule has 1 aromatic carbocycles. The number of ether oxygens (including phenoxy) is 1. The van der Waals surface area contributed by atoms with Gasteiger partial charge in [-0.1, -0.05) is 25.1 Å². The molecule has 0 aliphatic heterocycles. The summed E-state index contributed by atoms with van der Waals surface area (Å²) in [5, 5.41) is 0. The first-order valence-electron chi connectivity index (χ1n) is 8.26. The first-order chi connectivity index (χ1) is 10.2. The summed E-state index contributed by atoms with van der Waals surface area (Å²) in [5.41, 5.74) is 8.90. The molecule has 21 heavy (non-hydrogen) atoms. The fourth-order valence-electron chi connectivity index (χ4n) is 2.96. The van der Waals surface area contributed by atoms with Gasteiger partial charge in [-0.2, -0.15) is 0 Å². The van der Waals surface area contributed by atoms with Gasteiger partial charge in [-0.15, -0.1) is 0 Å². The largest absolute Gasteiger partial charge is 0.383 e. The molecule has 0 aromatic heterocycles. The minimum atomic E-state index is 0.242. The monoisotopic (exact) mass is 290 g/mol. The number of rotatable bonds is 9. The average molecular weight is 290 g/mol. The maximum atomic E-state index is 6.18. The van der Waals surface area contributed by atoms with Gasteiger partial charge in [0, 0.05) is 31.4 Å². The molecule has 2 rings (SSSR count). The summed E-state index contributed by atoms with van der Waals surface area (Å²) in [5.74, 6) is 0.842. The van der Waals surface area contributed by atoms with Gasteiger partial charge >= 0.3 is 0 Å². The standard InChI is InChI=1S/C18H30N2O/c1-4-17(19)13-16-7-5-6-8-18(16)20(11-12-21-3)14(2)15-9-10-15/h5-8,14-15,17H,4,9-13,19H2,1-3H3. The van der Waals surface area contributed by atoms with E-state index in [1.165, 1.54) is 24.1 Å². The molecule has 3 heteroatoms. The van der Waals surface area contributed by atoms with Gasteiger partial charge < -0.3 is 15.4 Å². The van der Waals surface area contributed by atoms with Crippen LogP contribution in [0.5, 0.6) is 0 Å². The number of methoxy groups -OCH3 is 1. The first-order valence-corrected chi connectivity index (χ1v) is 8.26. The Labute approximate surface area is 129 Å². The lowest BCUT2D eigenvalue weighted by atomic mass is 10.0. The summed E-state index contributed by atoms with van der Waals surface area (Å²) in [4.78, 5) is 2.53. The molecule has 2 unspecified atom stereocenters. The number of para-hydroxylation sites is 1. The third-order valence-electron chi connectivity index (χ3n) is 4.64. The molecule has 0 saturated heterocycles. The van der Waals surface area contributed by atoms with Crippen molar-refractivity contribution in [3.8, 4) is 0 Å². The highest BCUT2D eigenvalue weighted by Crippen LogP contribution is 2.37. The number of nitrogens with zero attached hydrogens (tertiary/aromatic N) is 1. The smallest absolute Gasteiger partial charge is 0.0637 e. The molecule has 1 fully saturated rings. The molecule has 1 aromatic rings. The molecule has 2 atom stereocenters. The quantitative estimate of drug-likeness (QED) is 0.759. The Morgan fingerprint density at radius 2 is 2.05 bits per heavy atom. The molecule has 1 aliphatic rings. The fraction of sp³-hybridized carbons (Fsp3) is 0.667. The molecular formula is C18H30N2O. The Balaban J connectivity index is 2.21. The summed E-state index contributed by atoms with van der Waals surface area (Å²) in [6.45, 7) is 6.23. The molecule has 3 nitrogen and oxygen atoms in total. The van der Waals surface area contributed by atoms with Crippen LogP contribution in [0.4, 0.5) is 5.69 Å². The minimum Gasteiger partial charge on any atom is -0.383 e. The molecule has 0 bridgehead atoms. The summed E-state index contributed by atoms with van der Waals surface area (Å²) < 4.78 is 5.32. The predicted octanol–water partition coefficient (Wildman–Crippen LogP) is 3.22. The molecular weight excluding hydrogens is 260 g/mol. The average Bonchev–Trinajstić information content (AvgIpc) is 3.33. The lowest BCUT2D eigenvalue weighted by Crippen LogP contribution is -2.38. The normalized spacial score (nSPS) is 17.5. The van der Waals surface area contributed by atoms with Gasteiger partial charge in [0.15, 0.2) is 0 Å². The Morgan fingerprint density at radius 3 is 2.67 bits per heavy atom. The van der Waals surface area contributed by atoms with E-state index < -0.39 is 0 Å². The van der Waals surface area contributed by atoms with Gasteiger partial charge in [0.2, 0.25) is 0 Å². The van der Waals surface area contributed by atoms with E-state index in [1.54, 1.807) is 7.11 Å². The Hall–Kier alpha value is -1.06. The third-order valence-corrected chi connectivity index (χ3v) is 4.64. The summed E-state index contributed by atoms with van der Waals surface area (Å²) in [6.07, 6.45) is 4.70. The van der Waals surface area contributed by atoms with Crippen molar-refractivity contribution in [2.24, 2.45) is 11.7 Å². The van der Waals surface area contributed by atoms with E-state index in [4.69, 9.17) is 10.5 Å². The summed E-state index contributed by atoms with van der Waals surface area (Å²) >= 11 is 0. The zero-order chi connectivity index (χ0) is 15.2. The SMILES string of the molecule is CCC(N)Cc1ccccc1N(CCOC)C(C)C1CC1. The number of hydrogen-bond acceptors (Lipinski definition) is 3. The van der Waals surface area contributed by atoms with Crippen LogP contribution in [0.2, 0.25) is 0 Å². The molecule has 1 saturated carbocycles. The second-order valence-corrected chi connectivity index (χ2v) is 6.27. The first kappa shape index (κ1) is 16.3. The van der Waals surface area contributed by atoms with E-state index in [9.17, 15) is 0 Å². The molecule has 0 amide bonds. The zero-order valence-corrected chi connectivity index (χ0v) is 13.7. The number of nitrogens with two attached hydrogens (primary N) is 1. The highest BCUT2D eigenvalue weighted by molar-refractivity contribution is 5.55. The van der Waals surface area contributed by atoms with Crippen molar-refractivity contribution in [3.05, 3.63) is 29.8 Å². The van der Waals surface area contributed by atoms with Crippen molar-refractivity contribution in [1.29, 1.82) is 0 Å². The van der Waals surface area contributed by atoms with Crippen molar-refractivity contribution >= 4 is 5.69 Å². The molecule has 1 aliphatic carbocycles. The Morgan fingerprint density at radius 1 is 1.33 bits per heavy atom. The van der Waals surface area contributed by atoms with Gasteiger partial charge in [0.1, 0.15) is 0 Å². The van der Waals surface area contributed by atoms with Crippen LogP contribution < -0.4 is 10.6 Å². The predicted molar refractivity (Wildman–Crippen MR) is 89.8 cm³/mol. The van der Waals surface area contributed by atoms with Gasteiger partial charge in [0.05, 0.1) is 6.61 Å². The van der Waals surface area contributed by atoms with Crippen LogP contribution in [0.25, 0.3) is 0 Å². The highest BCUT2D eigenvalue weighted by atomic mass is 16.5. The molecule has 118 valence electrons. The van der Waals surface area contributed by atoms with Crippen LogP contribution in [-0.4, -0.2) is 32.3 Å². The Kier molecular flexibility index (Phi) is 6.07. The summed E-state index contributed by atoms with van der Waals surface area (Å²) in [7, 11) is 1.78. The van der Waals surface area contributed by atoms with Gasteiger partial charge in [-0.3, -0.25) is 0 Å². The maximum absolute atomic E-state index is 6.18.